The molecule has 0 unspecified atom stereocenters. The lowest BCUT2D eigenvalue weighted by Crippen LogP contribution is -1.83. The van der Waals surface area contributed by atoms with Crippen molar-refractivity contribution < 1.29 is 0 Å². The van der Waals surface area contributed by atoms with Crippen molar-refractivity contribution in [1.82, 2.24) is 0 Å². The lowest BCUT2D eigenvalue weighted by molar-refractivity contribution is 0.530. The van der Waals surface area contributed by atoms with Crippen LogP contribution in [0.1, 0.15) is 180 Å². The van der Waals surface area contributed by atoms with Gasteiger partial charge >= 0.3 is 0 Å². The van der Waals surface area contributed by atoms with Gasteiger partial charge in [0.15, 0.2) is 0 Å². The van der Waals surface area contributed by atoms with Crippen molar-refractivity contribution in [1.29, 1.82) is 0 Å². The van der Waals surface area contributed by atoms with Gasteiger partial charge in [0.25, 0.3) is 0 Å². The molecule has 0 saturated heterocycles. The molecule has 0 nitrogen and oxygen atoms in total. The second-order valence-electron chi connectivity index (χ2n) is 10.3. The fourth-order valence-corrected chi connectivity index (χ4v) is 4.66. The smallest absolute Gasteiger partial charge is 0.0351 e. The van der Waals surface area contributed by atoms with Crippen LogP contribution in [0.4, 0.5) is 0 Å². The lowest BCUT2D eigenvalue weighted by atomic mass is 10.0. The van der Waals surface area contributed by atoms with Gasteiger partial charge in [-0.2, -0.15) is 0 Å². The molecule has 0 bridgehead atoms. The summed E-state index contributed by atoms with van der Waals surface area (Å²) in [7, 11) is 0. The Bertz CT molecular complexity index is 353. The summed E-state index contributed by atoms with van der Waals surface area (Å²) in [6.45, 7) is 6.09. The molecule has 190 valence electrons. The van der Waals surface area contributed by atoms with E-state index in [0.717, 1.165) is 0 Å². The van der Waals surface area contributed by atoms with Gasteiger partial charge in [0, 0.05) is 0 Å². The SMILES string of the molecule is C=CCCCCCCCCCCC=CCCCCCCCCCCCCCCCCCC. The average molecular weight is 447 g/mol. The largest absolute Gasteiger partial charge is 0.103 e. The Morgan fingerprint density at radius 3 is 0.875 bits per heavy atom. The summed E-state index contributed by atoms with van der Waals surface area (Å²) in [5, 5.41) is 0. The van der Waals surface area contributed by atoms with Crippen molar-refractivity contribution in [2.75, 3.05) is 0 Å². The molecule has 0 aromatic heterocycles. The number of hydrogen-bond donors (Lipinski definition) is 0. The summed E-state index contributed by atoms with van der Waals surface area (Å²) >= 11 is 0. The summed E-state index contributed by atoms with van der Waals surface area (Å²) in [5.41, 5.74) is 0. The van der Waals surface area contributed by atoms with E-state index in [1.807, 2.05) is 6.08 Å². The second kappa shape index (κ2) is 30.5. The Hall–Kier alpha value is -0.520. The molecule has 0 aliphatic rings. The summed E-state index contributed by atoms with van der Waals surface area (Å²) in [6, 6.07) is 0. The molecule has 0 saturated carbocycles. The molecular formula is C32H62. The van der Waals surface area contributed by atoms with Crippen LogP contribution in [0.15, 0.2) is 24.8 Å². The van der Waals surface area contributed by atoms with E-state index in [9.17, 15) is 0 Å². The van der Waals surface area contributed by atoms with Gasteiger partial charge in [-0.1, -0.05) is 160 Å². The van der Waals surface area contributed by atoms with Crippen LogP contribution < -0.4 is 0 Å². The molecule has 0 N–H and O–H groups in total. The minimum atomic E-state index is 1.20. The highest BCUT2D eigenvalue weighted by Gasteiger charge is 1.95. The molecule has 0 radical (unpaired) electrons. The number of rotatable bonds is 28. The topological polar surface area (TPSA) is 0 Å². The normalized spacial score (nSPS) is 11.5. The highest BCUT2D eigenvalue weighted by atomic mass is 14.0. The van der Waals surface area contributed by atoms with Crippen molar-refractivity contribution in [3.8, 4) is 0 Å². The molecule has 0 aromatic rings. The molecule has 0 rings (SSSR count). The average Bonchev–Trinajstić information content (AvgIpc) is 2.81. The third kappa shape index (κ3) is 29.5. The van der Waals surface area contributed by atoms with Crippen LogP contribution in [-0.2, 0) is 0 Å². The molecule has 0 amide bonds. The number of unbranched alkanes of at least 4 members (excludes halogenated alkanes) is 25. The molecule has 0 aliphatic carbocycles. The number of allylic oxidation sites excluding steroid dienone is 3. The third-order valence-corrected chi connectivity index (χ3v) is 6.92. The predicted octanol–water partition coefficient (Wildman–Crippen LogP) is 12.3. The van der Waals surface area contributed by atoms with E-state index in [1.54, 1.807) is 0 Å². The Balaban J connectivity index is 3.06. The Kier molecular flexibility index (Phi) is 30.0. The van der Waals surface area contributed by atoms with E-state index in [2.05, 4.69) is 25.7 Å². The summed E-state index contributed by atoms with van der Waals surface area (Å²) in [5.74, 6) is 0. The van der Waals surface area contributed by atoms with Gasteiger partial charge in [-0.05, 0) is 38.5 Å². The zero-order valence-electron chi connectivity index (χ0n) is 22.5. The van der Waals surface area contributed by atoms with E-state index in [-0.39, 0.29) is 0 Å². The van der Waals surface area contributed by atoms with Gasteiger partial charge in [-0.25, -0.2) is 0 Å². The Morgan fingerprint density at radius 2 is 0.594 bits per heavy atom. The first-order valence-corrected chi connectivity index (χ1v) is 15.2. The second-order valence-corrected chi connectivity index (χ2v) is 10.3. The van der Waals surface area contributed by atoms with Crippen LogP contribution in [0.2, 0.25) is 0 Å². The molecule has 0 heteroatoms. The maximum Gasteiger partial charge on any atom is -0.0351 e. The first-order chi connectivity index (χ1) is 15.9. The summed E-state index contributed by atoms with van der Waals surface area (Å²) in [4.78, 5) is 0. The minimum Gasteiger partial charge on any atom is -0.103 e. The van der Waals surface area contributed by atoms with Gasteiger partial charge < -0.3 is 0 Å². The Morgan fingerprint density at radius 1 is 0.344 bits per heavy atom. The third-order valence-electron chi connectivity index (χ3n) is 6.92. The van der Waals surface area contributed by atoms with Crippen molar-refractivity contribution in [3.63, 3.8) is 0 Å². The monoisotopic (exact) mass is 446 g/mol. The highest BCUT2D eigenvalue weighted by Crippen LogP contribution is 2.14. The Labute approximate surface area is 205 Å². The number of hydrogen-bond acceptors (Lipinski definition) is 0. The van der Waals surface area contributed by atoms with Gasteiger partial charge in [-0.3, -0.25) is 0 Å². The molecule has 0 aromatic carbocycles. The molecule has 0 heterocycles. The van der Waals surface area contributed by atoms with E-state index >= 15 is 0 Å². The van der Waals surface area contributed by atoms with Crippen molar-refractivity contribution >= 4 is 0 Å². The van der Waals surface area contributed by atoms with Crippen molar-refractivity contribution in [2.24, 2.45) is 0 Å². The standard InChI is InChI=1S/C32H62/c1-3-5-7-9-11-13-15-17-19-21-23-25-27-29-31-32-30-28-26-24-22-20-18-16-14-12-10-8-6-4-2/h3,25,27H,1,4-24,26,28-32H2,2H3. The fraction of sp³-hybridized carbons (Fsp3) is 0.875. The van der Waals surface area contributed by atoms with Crippen molar-refractivity contribution in [2.45, 2.75) is 180 Å². The summed E-state index contributed by atoms with van der Waals surface area (Å²) < 4.78 is 0. The molecule has 0 fully saturated rings. The first kappa shape index (κ1) is 31.5. The highest BCUT2D eigenvalue weighted by molar-refractivity contribution is 4.81. The summed E-state index contributed by atoms with van der Waals surface area (Å²) in [6.07, 6.45) is 45.4. The zero-order valence-corrected chi connectivity index (χ0v) is 22.5. The predicted molar refractivity (Wildman–Crippen MR) is 150 cm³/mol. The fourth-order valence-electron chi connectivity index (χ4n) is 4.66. The molecular weight excluding hydrogens is 384 g/mol. The van der Waals surface area contributed by atoms with Gasteiger partial charge in [0.2, 0.25) is 0 Å². The van der Waals surface area contributed by atoms with E-state index in [1.165, 1.54) is 173 Å². The van der Waals surface area contributed by atoms with Gasteiger partial charge in [0.05, 0.1) is 0 Å². The minimum absolute atomic E-state index is 1.20. The van der Waals surface area contributed by atoms with Crippen LogP contribution in [0.5, 0.6) is 0 Å². The van der Waals surface area contributed by atoms with Crippen molar-refractivity contribution in [3.05, 3.63) is 24.8 Å². The molecule has 32 heavy (non-hydrogen) atoms. The van der Waals surface area contributed by atoms with E-state index in [0.29, 0.717) is 0 Å². The lowest BCUT2D eigenvalue weighted by Gasteiger charge is -2.03. The van der Waals surface area contributed by atoms with Crippen LogP contribution in [0.3, 0.4) is 0 Å². The van der Waals surface area contributed by atoms with E-state index in [4.69, 9.17) is 0 Å². The maximum atomic E-state index is 3.79. The molecule has 0 atom stereocenters. The van der Waals surface area contributed by atoms with E-state index < -0.39 is 0 Å². The zero-order chi connectivity index (χ0) is 23.2. The van der Waals surface area contributed by atoms with Crippen LogP contribution in [0.25, 0.3) is 0 Å². The maximum absolute atomic E-state index is 3.79. The first-order valence-electron chi connectivity index (χ1n) is 15.2. The molecule has 0 aliphatic heterocycles. The van der Waals surface area contributed by atoms with Gasteiger partial charge in [-0.15, -0.1) is 6.58 Å². The quantitative estimate of drug-likeness (QED) is 0.0827. The molecule has 0 spiro atoms. The van der Waals surface area contributed by atoms with Crippen LogP contribution in [-0.4, -0.2) is 0 Å². The van der Waals surface area contributed by atoms with Gasteiger partial charge in [0.1, 0.15) is 0 Å². The van der Waals surface area contributed by atoms with Crippen LogP contribution >= 0.6 is 0 Å². The van der Waals surface area contributed by atoms with Crippen LogP contribution in [0, 0.1) is 0 Å².